The van der Waals surface area contributed by atoms with Gasteiger partial charge in [0.25, 0.3) is 0 Å². The Labute approximate surface area is 175 Å². The number of rotatable bonds is 7. The third kappa shape index (κ3) is 3.98. The third-order valence-electron chi connectivity index (χ3n) is 5.11. The SMILES string of the molecule is CCC(=C(c1ccc(OCCN)cc1)c1ccc2[nH]nc(F)c2c1)c1ccccc1. The summed E-state index contributed by atoms with van der Waals surface area (Å²) >= 11 is 0. The summed E-state index contributed by atoms with van der Waals surface area (Å²) in [5.41, 5.74) is 11.6. The van der Waals surface area contributed by atoms with E-state index in [0.717, 1.165) is 34.4 Å². The molecule has 1 aromatic heterocycles. The fourth-order valence-electron chi connectivity index (χ4n) is 3.71. The van der Waals surface area contributed by atoms with Crippen LogP contribution in [0.2, 0.25) is 0 Å². The molecule has 0 bridgehead atoms. The number of nitrogens with one attached hydrogen (secondary N) is 1. The molecule has 0 aliphatic rings. The second-order valence-corrected chi connectivity index (χ2v) is 7.01. The van der Waals surface area contributed by atoms with E-state index in [0.29, 0.717) is 24.1 Å². The molecule has 3 aromatic carbocycles. The Hall–Kier alpha value is -3.44. The van der Waals surface area contributed by atoms with Gasteiger partial charge in [0, 0.05) is 6.54 Å². The molecule has 0 spiro atoms. The number of aromatic nitrogens is 2. The molecular weight excluding hydrogens is 377 g/mol. The lowest BCUT2D eigenvalue weighted by atomic mass is 9.88. The van der Waals surface area contributed by atoms with Gasteiger partial charge >= 0.3 is 0 Å². The summed E-state index contributed by atoms with van der Waals surface area (Å²) in [6.45, 7) is 3.08. The molecule has 0 aliphatic carbocycles. The van der Waals surface area contributed by atoms with E-state index in [4.69, 9.17) is 10.5 Å². The summed E-state index contributed by atoms with van der Waals surface area (Å²) < 4.78 is 19.8. The molecule has 0 amide bonds. The predicted octanol–water partition coefficient (Wildman–Crippen LogP) is 5.41. The summed E-state index contributed by atoms with van der Waals surface area (Å²) in [6.07, 6.45) is 0.830. The molecule has 0 fully saturated rings. The number of hydrogen-bond acceptors (Lipinski definition) is 3. The second kappa shape index (κ2) is 8.93. The summed E-state index contributed by atoms with van der Waals surface area (Å²) in [5.74, 6) is 0.284. The molecule has 30 heavy (non-hydrogen) atoms. The highest BCUT2D eigenvalue weighted by molar-refractivity contribution is 6.00. The number of fused-ring (bicyclic) bond motifs is 1. The minimum atomic E-state index is -0.491. The van der Waals surface area contributed by atoms with Crippen molar-refractivity contribution in [2.75, 3.05) is 13.2 Å². The summed E-state index contributed by atoms with van der Waals surface area (Å²) in [5, 5.41) is 6.91. The Morgan fingerprint density at radius 2 is 1.70 bits per heavy atom. The lowest BCUT2D eigenvalue weighted by molar-refractivity contribution is 0.328. The van der Waals surface area contributed by atoms with Crippen molar-refractivity contribution in [3.05, 3.63) is 95.4 Å². The van der Waals surface area contributed by atoms with Gasteiger partial charge in [-0.25, -0.2) is 0 Å². The van der Waals surface area contributed by atoms with Gasteiger partial charge in [0.1, 0.15) is 12.4 Å². The van der Waals surface area contributed by atoms with E-state index in [2.05, 4.69) is 29.3 Å². The molecule has 0 unspecified atom stereocenters. The second-order valence-electron chi connectivity index (χ2n) is 7.01. The van der Waals surface area contributed by atoms with Crippen LogP contribution in [0.1, 0.15) is 30.0 Å². The Kier molecular flexibility index (Phi) is 5.91. The van der Waals surface area contributed by atoms with E-state index in [9.17, 15) is 4.39 Å². The van der Waals surface area contributed by atoms with Crippen LogP contribution in [0.15, 0.2) is 72.8 Å². The van der Waals surface area contributed by atoms with E-state index in [1.54, 1.807) is 0 Å². The first kappa shape index (κ1) is 19.9. The number of hydrogen-bond donors (Lipinski definition) is 2. The van der Waals surface area contributed by atoms with Gasteiger partial charge in [0.15, 0.2) is 0 Å². The molecule has 0 atom stereocenters. The molecule has 0 saturated heterocycles. The highest BCUT2D eigenvalue weighted by Gasteiger charge is 2.15. The number of halogens is 1. The fourth-order valence-corrected chi connectivity index (χ4v) is 3.71. The van der Waals surface area contributed by atoms with Crippen LogP contribution < -0.4 is 10.5 Å². The van der Waals surface area contributed by atoms with Gasteiger partial charge in [0.2, 0.25) is 5.95 Å². The van der Waals surface area contributed by atoms with E-state index < -0.39 is 5.95 Å². The number of H-pyrrole nitrogens is 1. The molecule has 4 nitrogen and oxygen atoms in total. The number of benzene rings is 3. The number of nitrogens with zero attached hydrogens (tertiary/aromatic N) is 1. The zero-order chi connectivity index (χ0) is 20.9. The van der Waals surface area contributed by atoms with Gasteiger partial charge in [-0.15, -0.1) is 5.10 Å². The fraction of sp³-hybridized carbons (Fsp3) is 0.160. The maximum absolute atomic E-state index is 14.2. The molecule has 5 heteroatoms. The summed E-state index contributed by atoms with van der Waals surface area (Å²) in [7, 11) is 0. The van der Waals surface area contributed by atoms with Crippen LogP contribution in [0.4, 0.5) is 4.39 Å². The van der Waals surface area contributed by atoms with Crippen LogP contribution in [0.5, 0.6) is 5.75 Å². The maximum Gasteiger partial charge on any atom is 0.240 e. The van der Waals surface area contributed by atoms with Crippen LogP contribution in [-0.2, 0) is 0 Å². The predicted molar refractivity (Wildman–Crippen MR) is 120 cm³/mol. The average Bonchev–Trinajstić information content (AvgIpc) is 3.17. The lowest BCUT2D eigenvalue weighted by Gasteiger charge is -2.17. The number of ether oxygens (including phenoxy) is 1. The Bertz CT molecular complexity index is 1160. The van der Waals surface area contributed by atoms with Crippen molar-refractivity contribution in [3.63, 3.8) is 0 Å². The minimum absolute atomic E-state index is 0.469. The van der Waals surface area contributed by atoms with Crippen LogP contribution in [0.3, 0.4) is 0 Å². The monoisotopic (exact) mass is 401 g/mol. The Morgan fingerprint density at radius 1 is 0.967 bits per heavy atom. The summed E-state index contributed by atoms with van der Waals surface area (Å²) in [4.78, 5) is 0. The standard InChI is InChI=1S/C25H24FN3O/c1-2-21(17-6-4-3-5-7-17)24(18-8-11-20(12-9-18)30-15-14-27)19-10-13-23-22(16-19)25(26)29-28-23/h3-13,16H,2,14-15,27H2,1H3,(H,28,29). The molecular formula is C25H24FN3O. The molecule has 0 saturated carbocycles. The van der Waals surface area contributed by atoms with Gasteiger partial charge in [0.05, 0.1) is 10.9 Å². The lowest BCUT2D eigenvalue weighted by Crippen LogP contribution is -2.10. The molecule has 4 aromatic rings. The zero-order valence-corrected chi connectivity index (χ0v) is 16.9. The zero-order valence-electron chi connectivity index (χ0n) is 16.9. The van der Waals surface area contributed by atoms with Crippen LogP contribution in [0.25, 0.3) is 22.0 Å². The van der Waals surface area contributed by atoms with Gasteiger partial charge < -0.3 is 10.5 Å². The van der Waals surface area contributed by atoms with Crippen LogP contribution in [0, 0.1) is 5.95 Å². The number of allylic oxidation sites excluding steroid dienone is 1. The highest BCUT2D eigenvalue weighted by Crippen LogP contribution is 2.36. The van der Waals surface area contributed by atoms with Crippen molar-refractivity contribution >= 4 is 22.0 Å². The molecule has 0 radical (unpaired) electrons. The first-order chi connectivity index (χ1) is 14.7. The topological polar surface area (TPSA) is 63.9 Å². The van der Waals surface area contributed by atoms with E-state index in [1.807, 2.05) is 60.7 Å². The van der Waals surface area contributed by atoms with Gasteiger partial charge in [-0.3, -0.25) is 5.10 Å². The molecule has 152 valence electrons. The van der Waals surface area contributed by atoms with Gasteiger partial charge in [-0.2, -0.15) is 4.39 Å². The largest absolute Gasteiger partial charge is 0.492 e. The minimum Gasteiger partial charge on any atom is -0.492 e. The van der Waals surface area contributed by atoms with Gasteiger partial charge in [-0.1, -0.05) is 55.5 Å². The number of aromatic amines is 1. The van der Waals surface area contributed by atoms with E-state index in [-0.39, 0.29) is 0 Å². The molecule has 1 heterocycles. The quantitative estimate of drug-likeness (QED) is 0.407. The van der Waals surface area contributed by atoms with Crippen LogP contribution in [-0.4, -0.2) is 23.3 Å². The number of nitrogens with two attached hydrogens (primary N) is 1. The van der Waals surface area contributed by atoms with Crippen molar-refractivity contribution in [3.8, 4) is 5.75 Å². The van der Waals surface area contributed by atoms with Crippen molar-refractivity contribution in [2.24, 2.45) is 5.73 Å². The maximum atomic E-state index is 14.2. The van der Waals surface area contributed by atoms with Crippen molar-refractivity contribution in [2.45, 2.75) is 13.3 Å². The van der Waals surface area contributed by atoms with E-state index >= 15 is 0 Å². The first-order valence-corrected chi connectivity index (χ1v) is 10.1. The van der Waals surface area contributed by atoms with Crippen LogP contribution >= 0.6 is 0 Å². The van der Waals surface area contributed by atoms with E-state index in [1.165, 1.54) is 5.57 Å². The third-order valence-corrected chi connectivity index (χ3v) is 5.11. The summed E-state index contributed by atoms with van der Waals surface area (Å²) in [6, 6.07) is 24.0. The molecule has 3 N–H and O–H groups in total. The molecule has 4 rings (SSSR count). The highest BCUT2D eigenvalue weighted by atomic mass is 19.1. The smallest absolute Gasteiger partial charge is 0.240 e. The van der Waals surface area contributed by atoms with Gasteiger partial charge in [-0.05, 0) is 58.5 Å². The average molecular weight is 401 g/mol. The van der Waals surface area contributed by atoms with Crippen molar-refractivity contribution < 1.29 is 9.13 Å². The molecule has 0 aliphatic heterocycles. The van der Waals surface area contributed by atoms with Crippen molar-refractivity contribution in [1.29, 1.82) is 0 Å². The van der Waals surface area contributed by atoms with Crippen molar-refractivity contribution in [1.82, 2.24) is 10.2 Å². The first-order valence-electron chi connectivity index (χ1n) is 10.1. The Balaban J connectivity index is 1.90. The Morgan fingerprint density at radius 3 is 2.40 bits per heavy atom. The normalized spacial score (nSPS) is 12.1.